The molecule has 1 fully saturated rings. The van der Waals surface area contributed by atoms with E-state index in [9.17, 15) is 4.79 Å². The number of hydrogen-bond acceptors (Lipinski definition) is 7. The third kappa shape index (κ3) is 4.08. The molecule has 1 atom stereocenters. The van der Waals surface area contributed by atoms with Crippen LogP contribution in [0.25, 0.3) is 0 Å². The Hall–Kier alpha value is -1.34. The topological polar surface area (TPSA) is 87.3 Å². The van der Waals surface area contributed by atoms with E-state index in [0.29, 0.717) is 17.9 Å². The van der Waals surface area contributed by atoms with Gasteiger partial charge in [0.25, 0.3) is 0 Å². The van der Waals surface area contributed by atoms with Crippen molar-refractivity contribution in [3.63, 3.8) is 0 Å². The molecule has 0 spiro atoms. The van der Waals surface area contributed by atoms with Crippen LogP contribution in [0.5, 0.6) is 0 Å². The van der Waals surface area contributed by atoms with E-state index < -0.39 is 5.97 Å². The van der Waals surface area contributed by atoms with Crippen LogP contribution in [-0.4, -0.2) is 41.0 Å². The number of anilines is 1. The molecule has 2 heterocycles. The summed E-state index contributed by atoms with van der Waals surface area (Å²) in [4.78, 5) is 19.8. The molecule has 1 aliphatic heterocycles. The fourth-order valence-corrected chi connectivity index (χ4v) is 2.82. The van der Waals surface area contributed by atoms with Gasteiger partial charge in [0.2, 0.25) is 0 Å². The van der Waals surface area contributed by atoms with Gasteiger partial charge in [-0.25, -0.2) is 14.8 Å². The summed E-state index contributed by atoms with van der Waals surface area (Å²) in [6.07, 6.45) is 5.04. The van der Waals surface area contributed by atoms with E-state index in [0.717, 1.165) is 31.6 Å². The number of hydrogen-bond donors (Lipinski definition) is 1. The van der Waals surface area contributed by atoms with Crippen LogP contribution in [0.4, 0.5) is 5.82 Å². The largest absolute Gasteiger partial charge is 0.462 e. The second-order valence-corrected chi connectivity index (χ2v) is 5.51. The number of carbonyl (C=O) groups excluding carboxylic acids is 1. The number of nitrogen functional groups attached to an aromatic ring is 1. The highest BCUT2D eigenvalue weighted by Crippen LogP contribution is 2.22. The van der Waals surface area contributed by atoms with Crippen molar-refractivity contribution >= 4 is 23.5 Å². The fraction of sp³-hybridized carbons (Fsp3) is 0.615. The van der Waals surface area contributed by atoms with Gasteiger partial charge in [-0.2, -0.15) is 0 Å². The van der Waals surface area contributed by atoms with Gasteiger partial charge in [-0.15, -0.1) is 0 Å². The lowest BCUT2D eigenvalue weighted by molar-refractivity contribution is 0.0526. The van der Waals surface area contributed by atoms with Gasteiger partial charge < -0.3 is 15.2 Å². The van der Waals surface area contributed by atoms with Crippen LogP contribution in [-0.2, 0) is 9.47 Å². The summed E-state index contributed by atoms with van der Waals surface area (Å²) in [5.41, 5.74) is 5.97. The van der Waals surface area contributed by atoms with Crippen LogP contribution in [0.2, 0.25) is 0 Å². The van der Waals surface area contributed by atoms with Crippen molar-refractivity contribution in [3.05, 3.63) is 11.8 Å². The number of ether oxygens (including phenoxy) is 2. The second-order valence-electron chi connectivity index (χ2n) is 4.44. The first-order chi connectivity index (χ1) is 9.70. The highest BCUT2D eigenvalue weighted by atomic mass is 32.2. The summed E-state index contributed by atoms with van der Waals surface area (Å²) < 4.78 is 10.4. The summed E-state index contributed by atoms with van der Waals surface area (Å²) in [5.74, 6) is 0.557. The van der Waals surface area contributed by atoms with Crippen molar-refractivity contribution in [2.45, 2.75) is 37.4 Å². The lowest BCUT2D eigenvalue weighted by atomic mass is 10.2. The van der Waals surface area contributed by atoms with Crippen molar-refractivity contribution in [2.24, 2.45) is 0 Å². The molecule has 1 unspecified atom stereocenters. The Morgan fingerprint density at radius 2 is 2.50 bits per heavy atom. The highest BCUT2D eigenvalue weighted by Gasteiger charge is 2.16. The van der Waals surface area contributed by atoms with Crippen molar-refractivity contribution in [1.82, 2.24) is 9.97 Å². The number of nitrogens with two attached hydrogens (primary N) is 1. The molecule has 0 radical (unpaired) electrons. The van der Waals surface area contributed by atoms with Gasteiger partial charge in [0.15, 0.2) is 5.16 Å². The van der Waals surface area contributed by atoms with Crippen LogP contribution in [0.3, 0.4) is 0 Å². The van der Waals surface area contributed by atoms with E-state index in [1.54, 1.807) is 6.92 Å². The fourth-order valence-electron chi connectivity index (χ4n) is 1.97. The monoisotopic (exact) mass is 297 g/mol. The zero-order chi connectivity index (χ0) is 14.4. The second kappa shape index (κ2) is 7.44. The van der Waals surface area contributed by atoms with Crippen molar-refractivity contribution < 1.29 is 14.3 Å². The maximum atomic E-state index is 11.6. The zero-order valence-corrected chi connectivity index (χ0v) is 12.3. The van der Waals surface area contributed by atoms with Crippen molar-refractivity contribution in [3.8, 4) is 0 Å². The number of nitrogens with zero attached hydrogens (tertiary/aromatic N) is 2. The summed E-state index contributed by atoms with van der Waals surface area (Å²) >= 11 is 1.52. The van der Waals surface area contributed by atoms with Crippen LogP contribution in [0.1, 0.15) is 36.5 Å². The molecule has 6 nitrogen and oxygen atoms in total. The Labute approximate surface area is 122 Å². The molecule has 110 valence electrons. The van der Waals surface area contributed by atoms with Gasteiger partial charge in [0, 0.05) is 18.6 Å². The predicted molar refractivity (Wildman–Crippen MR) is 76.7 cm³/mol. The first-order valence-electron chi connectivity index (χ1n) is 6.74. The molecule has 7 heteroatoms. The average molecular weight is 297 g/mol. The maximum absolute atomic E-state index is 11.6. The molecule has 1 saturated heterocycles. The third-order valence-corrected chi connectivity index (χ3v) is 3.88. The maximum Gasteiger partial charge on any atom is 0.343 e. The summed E-state index contributed by atoms with van der Waals surface area (Å²) in [5, 5.41) is 0.577. The average Bonchev–Trinajstić information content (AvgIpc) is 2.92. The number of thioether (sulfide) groups is 1. The minimum Gasteiger partial charge on any atom is -0.462 e. The number of carbonyl (C=O) groups is 1. The normalized spacial score (nSPS) is 18.1. The van der Waals surface area contributed by atoms with Crippen LogP contribution < -0.4 is 5.73 Å². The van der Waals surface area contributed by atoms with E-state index in [1.165, 1.54) is 18.0 Å². The molecule has 0 saturated carbocycles. The molecule has 2 rings (SSSR count). The summed E-state index contributed by atoms with van der Waals surface area (Å²) in [7, 11) is 0. The highest BCUT2D eigenvalue weighted by molar-refractivity contribution is 7.99. The molecule has 2 N–H and O–H groups in total. The quantitative estimate of drug-likeness (QED) is 0.487. The minimum atomic E-state index is -0.485. The number of rotatable bonds is 6. The SMILES string of the molecule is CCOC(=O)c1cnc(SCCC2CCCO2)nc1N. The summed E-state index contributed by atoms with van der Waals surface area (Å²) in [6, 6.07) is 0. The van der Waals surface area contributed by atoms with E-state index in [2.05, 4.69) is 9.97 Å². The molecular weight excluding hydrogens is 278 g/mol. The predicted octanol–water partition coefficient (Wildman–Crippen LogP) is 1.90. The van der Waals surface area contributed by atoms with Crippen LogP contribution >= 0.6 is 11.8 Å². The Kier molecular flexibility index (Phi) is 5.60. The standard InChI is InChI=1S/C13H19N3O3S/c1-2-18-12(17)10-8-15-13(16-11(10)14)20-7-5-9-4-3-6-19-9/h8-9H,2-7H2,1H3,(H2,14,15,16). The first-order valence-corrected chi connectivity index (χ1v) is 7.73. The Morgan fingerprint density at radius 1 is 1.65 bits per heavy atom. The van der Waals surface area contributed by atoms with Gasteiger partial charge in [-0.3, -0.25) is 0 Å². The summed E-state index contributed by atoms with van der Waals surface area (Å²) in [6.45, 7) is 2.91. The van der Waals surface area contributed by atoms with Gasteiger partial charge in [0.05, 0.1) is 12.7 Å². The first kappa shape index (κ1) is 15.1. The Morgan fingerprint density at radius 3 is 3.15 bits per heavy atom. The smallest absolute Gasteiger partial charge is 0.343 e. The van der Waals surface area contributed by atoms with Gasteiger partial charge in [-0.05, 0) is 26.2 Å². The van der Waals surface area contributed by atoms with E-state index in [1.807, 2.05) is 0 Å². The van der Waals surface area contributed by atoms with E-state index in [4.69, 9.17) is 15.2 Å². The Balaban J connectivity index is 1.86. The van der Waals surface area contributed by atoms with E-state index in [-0.39, 0.29) is 11.4 Å². The third-order valence-electron chi connectivity index (χ3n) is 2.99. The molecule has 0 aromatic carbocycles. The Bertz CT molecular complexity index is 464. The van der Waals surface area contributed by atoms with E-state index >= 15 is 0 Å². The molecular formula is C13H19N3O3S. The molecule has 1 aliphatic rings. The lowest BCUT2D eigenvalue weighted by Gasteiger charge is -2.08. The van der Waals surface area contributed by atoms with Gasteiger partial charge in [0.1, 0.15) is 11.4 Å². The molecule has 0 aliphatic carbocycles. The molecule has 0 bridgehead atoms. The molecule has 0 amide bonds. The minimum absolute atomic E-state index is 0.165. The van der Waals surface area contributed by atoms with Gasteiger partial charge in [-0.1, -0.05) is 11.8 Å². The van der Waals surface area contributed by atoms with Crippen LogP contribution in [0.15, 0.2) is 11.4 Å². The lowest BCUT2D eigenvalue weighted by Crippen LogP contribution is -2.11. The number of aromatic nitrogens is 2. The zero-order valence-electron chi connectivity index (χ0n) is 11.5. The van der Waals surface area contributed by atoms with Gasteiger partial charge >= 0.3 is 5.97 Å². The van der Waals surface area contributed by atoms with Crippen LogP contribution in [0, 0.1) is 0 Å². The molecule has 20 heavy (non-hydrogen) atoms. The molecule has 1 aromatic rings. The van der Waals surface area contributed by atoms with Crippen molar-refractivity contribution in [1.29, 1.82) is 0 Å². The van der Waals surface area contributed by atoms with Crippen molar-refractivity contribution in [2.75, 3.05) is 24.7 Å². The molecule has 1 aromatic heterocycles. The number of esters is 1.